The van der Waals surface area contributed by atoms with Crippen LogP contribution >= 0.6 is 0 Å². The van der Waals surface area contributed by atoms with Crippen LogP contribution in [0.5, 0.6) is 17.2 Å². The fourth-order valence-electron chi connectivity index (χ4n) is 3.72. The van der Waals surface area contributed by atoms with Gasteiger partial charge in [-0.1, -0.05) is 39.0 Å². The number of rotatable bonds is 11. The number of benzene rings is 1. The van der Waals surface area contributed by atoms with Gasteiger partial charge in [-0.25, -0.2) is 4.79 Å². The smallest absolute Gasteiger partial charge is 0.382 e. The fraction of sp³-hybridized carbons (Fsp3) is 0.609. The van der Waals surface area contributed by atoms with Crippen LogP contribution in [-0.2, 0) is 4.74 Å². The molecule has 2 aromatic rings. The van der Waals surface area contributed by atoms with Gasteiger partial charge in [-0.3, -0.25) is 0 Å². The summed E-state index contributed by atoms with van der Waals surface area (Å²) in [6, 6.07) is 4.37. The highest BCUT2D eigenvalue weighted by Crippen LogP contribution is 2.35. The first kappa shape index (κ1) is 25.3. The van der Waals surface area contributed by atoms with Crippen LogP contribution in [-0.4, -0.2) is 69.5 Å². The second kappa shape index (κ2) is 11.7. The Morgan fingerprint density at radius 1 is 1.00 bits per heavy atom. The average molecular weight is 468 g/mol. The van der Waals surface area contributed by atoms with Crippen LogP contribution in [0, 0.1) is 0 Å². The van der Waals surface area contributed by atoms with E-state index in [0.29, 0.717) is 12.0 Å². The fourth-order valence-corrected chi connectivity index (χ4v) is 3.72. The Morgan fingerprint density at radius 3 is 2.45 bits per heavy atom. The minimum Gasteiger partial charge on any atom is -0.499 e. The Labute approximate surface area is 190 Å². The molecule has 10 heteroatoms. The predicted octanol–water partition coefficient (Wildman–Crippen LogP) is 1.42. The van der Waals surface area contributed by atoms with Gasteiger partial charge in [0.1, 0.15) is 35.7 Å². The van der Waals surface area contributed by atoms with E-state index >= 15 is 0 Å². The number of fused-ring (bicyclic) bond motifs is 1. The molecule has 1 aromatic carbocycles. The van der Waals surface area contributed by atoms with Gasteiger partial charge >= 0.3 is 5.63 Å². The maximum Gasteiger partial charge on any atom is 0.382 e. The molecule has 1 saturated heterocycles. The summed E-state index contributed by atoms with van der Waals surface area (Å²) < 4.78 is 21.7. The molecule has 0 unspecified atom stereocenters. The number of aliphatic hydroxyl groups excluding tert-OH is 4. The lowest BCUT2D eigenvalue weighted by Crippen LogP contribution is -2.60. The van der Waals surface area contributed by atoms with E-state index in [9.17, 15) is 30.3 Å². The zero-order valence-electron chi connectivity index (χ0n) is 18.6. The summed E-state index contributed by atoms with van der Waals surface area (Å²) in [6.07, 6.45) is -0.793. The normalized spacial score (nSPS) is 25.3. The van der Waals surface area contributed by atoms with E-state index in [0.717, 1.165) is 32.1 Å². The maximum atomic E-state index is 12.1. The van der Waals surface area contributed by atoms with Gasteiger partial charge < -0.3 is 44.2 Å². The molecule has 1 fully saturated rings. The molecule has 0 amide bonds. The molecular weight excluding hydrogens is 436 g/mol. The molecule has 1 aliphatic rings. The highest BCUT2D eigenvalue weighted by atomic mass is 16.7. The van der Waals surface area contributed by atoms with Gasteiger partial charge in [0, 0.05) is 6.07 Å². The Kier molecular flexibility index (Phi) is 8.93. The molecule has 5 atom stereocenters. The lowest BCUT2D eigenvalue weighted by molar-refractivity contribution is -0.277. The average Bonchev–Trinajstić information content (AvgIpc) is 2.81. The molecule has 0 spiro atoms. The second-order valence-corrected chi connectivity index (χ2v) is 8.16. The number of hydrogen-bond donors (Lipinski definition) is 5. The molecule has 0 bridgehead atoms. The summed E-state index contributed by atoms with van der Waals surface area (Å²) in [5.41, 5.74) is -0.886. The second-order valence-electron chi connectivity index (χ2n) is 8.16. The van der Waals surface area contributed by atoms with Crippen LogP contribution in [0.25, 0.3) is 11.0 Å². The minimum absolute atomic E-state index is 0.0224. The van der Waals surface area contributed by atoms with Gasteiger partial charge in [0.25, 0.3) is 0 Å². The van der Waals surface area contributed by atoms with Crippen molar-refractivity contribution in [2.45, 2.75) is 76.2 Å². The Morgan fingerprint density at radius 2 is 1.73 bits per heavy atom. The van der Waals surface area contributed by atoms with Crippen LogP contribution in [0.1, 0.15) is 45.4 Å². The van der Waals surface area contributed by atoms with Gasteiger partial charge in [0.15, 0.2) is 5.75 Å². The highest BCUT2D eigenvalue weighted by Gasteiger charge is 2.44. The van der Waals surface area contributed by atoms with E-state index in [2.05, 4.69) is 6.92 Å². The molecule has 0 aliphatic carbocycles. The van der Waals surface area contributed by atoms with Gasteiger partial charge in [0.05, 0.1) is 18.6 Å². The monoisotopic (exact) mass is 468 g/mol. The number of aliphatic hydroxyl groups is 4. The first-order valence-corrected chi connectivity index (χ1v) is 11.3. The third-order valence-corrected chi connectivity index (χ3v) is 5.65. The first-order chi connectivity index (χ1) is 15.9. The minimum atomic E-state index is -1.58. The molecule has 184 valence electrons. The predicted molar refractivity (Wildman–Crippen MR) is 117 cm³/mol. The van der Waals surface area contributed by atoms with Crippen molar-refractivity contribution in [1.29, 1.82) is 0 Å². The van der Waals surface area contributed by atoms with Crippen molar-refractivity contribution in [2.24, 2.45) is 0 Å². The van der Waals surface area contributed by atoms with Crippen molar-refractivity contribution < 1.29 is 44.2 Å². The van der Waals surface area contributed by atoms with Crippen molar-refractivity contribution >= 4 is 11.0 Å². The Bertz CT molecular complexity index is 956. The van der Waals surface area contributed by atoms with Crippen molar-refractivity contribution in [3.05, 3.63) is 28.6 Å². The first-order valence-electron chi connectivity index (χ1n) is 11.3. The zero-order valence-corrected chi connectivity index (χ0v) is 18.6. The summed E-state index contributed by atoms with van der Waals surface area (Å²) in [7, 11) is 0. The largest absolute Gasteiger partial charge is 0.499 e. The summed E-state index contributed by atoms with van der Waals surface area (Å²) in [4.78, 5) is 12.1. The number of aromatic hydroxyl groups is 1. The van der Waals surface area contributed by atoms with Gasteiger partial charge in [-0.2, -0.15) is 0 Å². The molecule has 33 heavy (non-hydrogen) atoms. The molecule has 1 aromatic heterocycles. The maximum absolute atomic E-state index is 12.1. The molecular formula is C23H32O10. The lowest BCUT2D eigenvalue weighted by Gasteiger charge is -2.39. The number of unbranched alkanes of at least 4 members (excludes halogenated alkanes) is 5. The number of hydrogen-bond acceptors (Lipinski definition) is 10. The third kappa shape index (κ3) is 5.96. The van der Waals surface area contributed by atoms with Crippen molar-refractivity contribution in [3.8, 4) is 17.2 Å². The zero-order chi connectivity index (χ0) is 24.0. The molecule has 2 heterocycles. The molecule has 1 aliphatic heterocycles. The van der Waals surface area contributed by atoms with Crippen molar-refractivity contribution in [1.82, 2.24) is 0 Å². The van der Waals surface area contributed by atoms with Crippen LogP contribution in [0.15, 0.2) is 27.4 Å². The van der Waals surface area contributed by atoms with Crippen molar-refractivity contribution in [2.75, 3.05) is 13.2 Å². The van der Waals surface area contributed by atoms with Gasteiger partial charge in [-0.05, 0) is 18.6 Å². The van der Waals surface area contributed by atoms with Crippen LogP contribution in [0.3, 0.4) is 0 Å². The van der Waals surface area contributed by atoms with E-state index in [1.165, 1.54) is 24.6 Å². The molecule has 5 N–H and O–H groups in total. The summed E-state index contributed by atoms with van der Waals surface area (Å²) in [5, 5.41) is 49.7. The van der Waals surface area contributed by atoms with Gasteiger partial charge in [0.2, 0.25) is 12.0 Å². The summed E-state index contributed by atoms with van der Waals surface area (Å²) in [5.74, 6) is -0.465. The molecule has 10 nitrogen and oxygen atoms in total. The molecule has 3 rings (SSSR count). The van der Waals surface area contributed by atoms with E-state index < -0.39 is 48.7 Å². The van der Waals surface area contributed by atoms with E-state index in [1.807, 2.05) is 0 Å². The third-order valence-electron chi connectivity index (χ3n) is 5.65. The Hall–Kier alpha value is -2.37. The quantitative estimate of drug-likeness (QED) is 0.241. The molecule has 0 radical (unpaired) electrons. The van der Waals surface area contributed by atoms with E-state index in [4.69, 9.17) is 18.6 Å². The van der Waals surface area contributed by atoms with Crippen LogP contribution < -0.4 is 15.1 Å². The Balaban J connectivity index is 1.73. The van der Waals surface area contributed by atoms with Crippen LogP contribution in [0.4, 0.5) is 0 Å². The van der Waals surface area contributed by atoms with Gasteiger partial charge in [-0.15, -0.1) is 0 Å². The summed E-state index contributed by atoms with van der Waals surface area (Å²) in [6.45, 7) is 1.90. The lowest BCUT2D eigenvalue weighted by atomic mass is 9.99. The number of ether oxygens (including phenoxy) is 3. The standard InChI is InChI=1S/C23H32O10/c1-2-3-4-5-6-7-10-30-21-14-9-8-13(11-15(14)32-22(29)20(21)28)31-23-19(27)18(26)17(25)16(12-24)33-23/h8-9,11,16-19,23-28H,2-7,10,12H2,1H3/t16-,17+,18+,19-,23-/m1/s1. The molecule has 0 saturated carbocycles. The van der Waals surface area contributed by atoms with E-state index in [1.54, 1.807) is 0 Å². The van der Waals surface area contributed by atoms with Crippen LogP contribution in [0.2, 0.25) is 0 Å². The topological polar surface area (TPSA) is 159 Å². The van der Waals surface area contributed by atoms with E-state index in [-0.39, 0.29) is 17.1 Å². The highest BCUT2D eigenvalue weighted by molar-refractivity contribution is 5.86. The van der Waals surface area contributed by atoms with Crippen molar-refractivity contribution in [3.63, 3.8) is 0 Å². The summed E-state index contributed by atoms with van der Waals surface area (Å²) >= 11 is 0. The SMILES string of the molecule is CCCCCCCCOc1c(O)c(=O)oc2cc(O[C@@H]3O[C@H](CO)[C@H](O)[C@H](O)[C@H]3O)ccc12.